The van der Waals surface area contributed by atoms with Crippen molar-refractivity contribution in [2.45, 2.75) is 37.6 Å². The Morgan fingerprint density at radius 1 is 1.28 bits per heavy atom. The van der Waals surface area contributed by atoms with E-state index in [2.05, 4.69) is 5.32 Å². The number of nitrogens with zero attached hydrogens (tertiary/aromatic N) is 1. The number of halogens is 3. The summed E-state index contributed by atoms with van der Waals surface area (Å²) in [5.74, 6) is -0.495. The van der Waals surface area contributed by atoms with Gasteiger partial charge in [-0.05, 0) is 37.5 Å². The molecular formula is C17H21F3N2O3. The van der Waals surface area contributed by atoms with E-state index in [1.54, 1.807) is 4.90 Å². The first-order valence-corrected chi connectivity index (χ1v) is 8.39. The fourth-order valence-corrected chi connectivity index (χ4v) is 3.23. The van der Waals surface area contributed by atoms with Crippen LogP contribution < -0.4 is 10.2 Å². The molecule has 2 atom stereocenters. The first-order chi connectivity index (χ1) is 11.9. The number of hydrogen-bond donors (Lipinski definition) is 2. The van der Waals surface area contributed by atoms with Gasteiger partial charge in [-0.25, -0.2) is 0 Å². The summed E-state index contributed by atoms with van der Waals surface area (Å²) in [6, 6.07) is 2.60. The zero-order chi connectivity index (χ0) is 18.0. The van der Waals surface area contributed by atoms with Gasteiger partial charge in [-0.3, -0.25) is 4.79 Å². The zero-order valence-electron chi connectivity index (χ0n) is 13.7. The molecule has 2 heterocycles. The van der Waals surface area contributed by atoms with E-state index >= 15 is 0 Å². The SMILES string of the molecule is O=C(N[C@@H]1COCC[C@H]1O)c1ccc(C(F)(F)F)cc1N1CCCC1. The lowest BCUT2D eigenvalue weighted by Gasteiger charge is -2.29. The molecule has 1 aromatic carbocycles. The minimum Gasteiger partial charge on any atom is -0.391 e. The molecule has 2 aliphatic heterocycles. The lowest BCUT2D eigenvalue weighted by atomic mass is 10.0. The van der Waals surface area contributed by atoms with Crippen molar-refractivity contribution in [1.29, 1.82) is 0 Å². The second-order valence-corrected chi connectivity index (χ2v) is 6.43. The number of ether oxygens (including phenoxy) is 1. The van der Waals surface area contributed by atoms with Gasteiger partial charge in [-0.15, -0.1) is 0 Å². The zero-order valence-corrected chi connectivity index (χ0v) is 13.7. The molecule has 0 saturated carbocycles. The number of carbonyl (C=O) groups excluding carboxylic acids is 1. The maximum atomic E-state index is 13.0. The van der Waals surface area contributed by atoms with Crippen molar-refractivity contribution in [3.63, 3.8) is 0 Å². The van der Waals surface area contributed by atoms with Crippen molar-refractivity contribution in [2.75, 3.05) is 31.2 Å². The highest BCUT2D eigenvalue weighted by atomic mass is 19.4. The van der Waals surface area contributed by atoms with Gasteiger partial charge in [0.1, 0.15) is 0 Å². The normalized spacial score (nSPS) is 24.4. The molecule has 5 nitrogen and oxygen atoms in total. The molecule has 1 aromatic rings. The average Bonchev–Trinajstić information content (AvgIpc) is 3.10. The van der Waals surface area contributed by atoms with Crippen LogP contribution in [0.15, 0.2) is 18.2 Å². The van der Waals surface area contributed by atoms with Gasteiger partial charge in [0.25, 0.3) is 5.91 Å². The van der Waals surface area contributed by atoms with Crippen molar-refractivity contribution >= 4 is 11.6 Å². The Morgan fingerprint density at radius 3 is 2.64 bits per heavy atom. The molecule has 2 fully saturated rings. The average molecular weight is 358 g/mol. The van der Waals surface area contributed by atoms with E-state index in [9.17, 15) is 23.1 Å². The summed E-state index contributed by atoms with van der Waals surface area (Å²) >= 11 is 0. The van der Waals surface area contributed by atoms with Crippen LogP contribution in [0.1, 0.15) is 35.2 Å². The second kappa shape index (κ2) is 7.21. The van der Waals surface area contributed by atoms with Gasteiger partial charge in [0.05, 0.1) is 35.6 Å². The van der Waals surface area contributed by atoms with Crippen molar-refractivity contribution in [3.05, 3.63) is 29.3 Å². The van der Waals surface area contributed by atoms with Crippen molar-refractivity contribution < 1.29 is 27.8 Å². The van der Waals surface area contributed by atoms with Crippen LogP contribution in [0.3, 0.4) is 0 Å². The molecular weight excluding hydrogens is 337 g/mol. The summed E-state index contributed by atoms with van der Waals surface area (Å²) in [7, 11) is 0. The van der Waals surface area contributed by atoms with Gasteiger partial charge in [0.15, 0.2) is 0 Å². The van der Waals surface area contributed by atoms with Crippen molar-refractivity contribution in [3.8, 4) is 0 Å². The Balaban J connectivity index is 1.87. The molecule has 0 radical (unpaired) electrons. The molecule has 2 aliphatic rings. The summed E-state index contributed by atoms with van der Waals surface area (Å²) < 4.78 is 44.4. The number of aliphatic hydroxyl groups is 1. The number of hydrogen-bond acceptors (Lipinski definition) is 4. The Morgan fingerprint density at radius 2 is 2.00 bits per heavy atom. The highest BCUT2D eigenvalue weighted by Crippen LogP contribution is 2.34. The van der Waals surface area contributed by atoms with Crippen LogP contribution in [-0.4, -0.2) is 49.5 Å². The van der Waals surface area contributed by atoms with Gasteiger partial charge in [0.2, 0.25) is 0 Å². The smallest absolute Gasteiger partial charge is 0.391 e. The molecule has 2 N–H and O–H groups in total. The minimum atomic E-state index is -4.46. The van der Waals surface area contributed by atoms with Gasteiger partial charge in [-0.1, -0.05) is 0 Å². The number of amides is 1. The molecule has 0 unspecified atom stereocenters. The molecule has 0 spiro atoms. The molecule has 2 saturated heterocycles. The fraction of sp³-hybridized carbons (Fsp3) is 0.588. The largest absolute Gasteiger partial charge is 0.416 e. The van der Waals surface area contributed by atoms with E-state index in [1.807, 2.05) is 0 Å². The molecule has 138 valence electrons. The fourth-order valence-electron chi connectivity index (χ4n) is 3.23. The maximum Gasteiger partial charge on any atom is 0.416 e. The Labute approximate surface area is 143 Å². The Bertz CT molecular complexity index is 630. The maximum absolute atomic E-state index is 13.0. The van der Waals surface area contributed by atoms with Crippen LogP contribution >= 0.6 is 0 Å². The third-order valence-electron chi connectivity index (χ3n) is 4.65. The van der Waals surface area contributed by atoms with E-state index < -0.39 is 29.8 Å². The summed E-state index contributed by atoms with van der Waals surface area (Å²) in [4.78, 5) is 14.4. The van der Waals surface area contributed by atoms with Crippen LogP contribution in [0.4, 0.5) is 18.9 Å². The topological polar surface area (TPSA) is 61.8 Å². The number of alkyl halides is 3. The molecule has 8 heteroatoms. The third-order valence-corrected chi connectivity index (χ3v) is 4.65. The summed E-state index contributed by atoms with van der Waals surface area (Å²) in [5.41, 5.74) is -0.296. The van der Waals surface area contributed by atoms with Gasteiger partial charge in [-0.2, -0.15) is 13.2 Å². The monoisotopic (exact) mass is 358 g/mol. The number of anilines is 1. The predicted molar refractivity (Wildman–Crippen MR) is 85.6 cm³/mol. The standard InChI is InChI=1S/C17H21F3N2O3/c18-17(19,20)11-3-4-12(14(9-11)22-6-1-2-7-22)16(24)21-13-10-25-8-5-15(13)23/h3-4,9,13,15,23H,1-2,5-8,10H2,(H,21,24)/t13-,15-/m1/s1. The van der Waals surface area contributed by atoms with Gasteiger partial charge < -0.3 is 20.1 Å². The summed E-state index contributed by atoms with van der Waals surface area (Å²) in [6.45, 7) is 1.85. The lowest BCUT2D eigenvalue weighted by Crippen LogP contribution is -2.49. The quantitative estimate of drug-likeness (QED) is 0.870. The Kier molecular flexibility index (Phi) is 5.19. The van der Waals surface area contributed by atoms with Gasteiger partial charge >= 0.3 is 6.18 Å². The molecule has 1 amide bonds. The van der Waals surface area contributed by atoms with E-state index in [0.717, 1.165) is 25.0 Å². The first-order valence-electron chi connectivity index (χ1n) is 8.39. The number of aliphatic hydroxyl groups excluding tert-OH is 1. The second-order valence-electron chi connectivity index (χ2n) is 6.43. The third kappa shape index (κ3) is 4.07. The summed E-state index contributed by atoms with van der Waals surface area (Å²) in [5, 5.41) is 12.6. The number of rotatable bonds is 3. The molecule has 25 heavy (non-hydrogen) atoms. The number of benzene rings is 1. The van der Waals surface area contributed by atoms with Crippen LogP contribution in [0.2, 0.25) is 0 Å². The lowest BCUT2D eigenvalue weighted by molar-refractivity contribution is -0.137. The van der Waals surface area contributed by atoms with E-state index in [1.165, 1.54) is 6.07 Å². The highest BCUT2D eigenvalue weighted by molar-refractivity contribution is 6.00. The number of carbonyl (C=O) groups is 1. The van der Waals surface area contributed by atoms with Gasteiger partial charge in [0, 0.05) is 19.7 Å². The summed E-state index contributed by atoms with van der Waals surface area (Å²) in [6.07, 6.45) is -3.00. The predicted octanol–water partition coefficient (Wildman–Crippen LogP) is 2.19. The Hall–Kier alpha value is -1.80. The number of nitrogens with one attached hydrogen (secondary N) is 1. The molecule has 0 aromatic heterocycles. The molecule has 0 bridgehead atoms. The van der Waals surface area contributed by atoms with Crippen LogP contribution in [0.5, 0.6) is 0 Å². The molecule has 3 rings (SSSR count). The van der Waals surface area contributed by atoms with E-state index in [0.29, 0.717) is 26.1 Å². The van der Waals surface area contributed by atoms with Crippen molar-refractivity contribution in [1.82, 2.24) is 5.32 Å². The molecule has 0 aliphatic carbocycles. The van der Waals surface area contributed by atoms with Crippen molar-refractivity contribution in [2.24, 2.45) is 0 Å². The minimum absolute atomic E-state index is 0.187. The first kappa shape index (κ1) is 18.0. The van der Waals surface area contributed by atoms with E-state index in [-0.39, 0.29) is 17.9 Å². The van der Waals surface area contributed by atoms with Crippen LogP contribution in [-0.2, 0) is 10.9 Å². The van der Waals surface area contributed by atoms with Crippen LogP contribution in [0.25, 0.3) is 0 Å². The van der Waals surface area contributed by atoms with Crippen LogP contribution in [0, 0.1) is 0 Å². The highest BCUT2D eigenvalue weighted by Gasteiger charge is 2.33. The van der Waals surface area contributed by atoms with E-state index in [4.69, 9.17) is 4.74 Å².